The van der Waals surface area contributed by atoms with Crippen LogP contribution in [0.15, 0.2) is 77.8 Å². The number of nitrogens with zero attached hydrogens (tertiary/aromatic N) is 2. The molecule has 1 N–H and O–H groups in total. The van der Waals surface area contributed by atoms with Gasteiger partial charge in [-0.05, 0) is 48.0 Å². The van der Waals surface area contributed by atoms with Crippen molar-refractivity contribution in [3.8, 4) is 0 Å². The number of nitrogens with one attached hydrogen (secondary N) is 1. The Morgan fingerprint density at radius 2 is 1.73 bits per heavy atom. The summed E-state index contributed by atoms with van der Waals surface area (Å²) in [4.78, 5) is 31.5. The molecule has 2 amide bonds. The Balaban J connectivity index is 1.58. The first-order chi connectivity index (χ1) is 15.7. The number of carbonyl (C=O) groups excluding carboxylic acids is 2. The topological polar surface area (TPSA) is 61.8 Å². The number of hydrogen-bond acceptors (Lipinski definition) is 3. The van der Waals surface area contributed by atoms with E-state index in [0.717, 1.165) is 12.1 Å². The third-order valence-electron chi connectivity index (χ3n) is 5.00. The number of para-hydroxylation sites is 2. The summed E-state index contributed by atoms with van der Waals surface area (Å²) in [6.07, 6.45) is -4.69. The molecule has 1 aliphatic heterocycles. The van der Waals surface area contributed by atoms with Gasteiger partial charge in [-0.1, -0.05) is 30.3 Å². The molecule has 0 radical (unpaired) electrons. The van der Waals surface area contributed by atoms with Crippen molar-refractivity contribution in [2.24, 2.45) is 4.99 Å². The normalized spacial score (nSPS) is 13.8. The zero-order chi connectivity index (χ0) is 23.6. The summed E-state index contributed by atoms with van der Waals surface area (Å²) in [5.74, 6) is -1.52. The number of halogens is 4. The Hall–Kier alpha value is -4.01. The molecule has 5 nitrogen and oxygen atoms in total. The molecule has 4 rings (SSSR count). The van der Waals surface area contributed by atoms with E-state index >= 15 is 0 Å². The van der Waals surface area contributed by atoms with Crippen LogP contribution >= 0.6 is 0 Å². The molecule has 1 heterocycles. The lowest BCUT2D eigenvalue weighted by Crippen LogP contribution is -2.38. The first kappa shape index (κ1) is 22.2. The maximum atomic E-state index is 13.3. The maximum absolute atomic E-state index is 13.3. The lowest BCUT2D eigenvalue weighted by molar-refractivity contribution is -0.137. The highest BCUT2D eigenvalue weighted by molar-refractivity contribution is 6.18. The lowest BCUT2D eigenvalue weighted by atomic mass is 10.1. The molecule has 1 aliphatic rings. The van der Waals surface area contributed by atoms with Crippen LogP contribution in [0.3, 0.4) is 0 Å². The van der Waals surface area contributed by atoms with Crippen molar-refractivity contribution in [1.82, 2.24) is 0 Å². The molecule has 0 aliphatic carbocycles. The van der Waals surface area contributed by atoms with Crippen LogP contribution in [-0.2, 0) is 15.8 Å². The van der Waals surface area contributed by atoms with E-state index in [0.29, 0.717) is 22.6 Å². The summed E-state index contributed by atoms with van der Waals surface area (Å²) in [5.41, 5.74) is 0.874. The molecule has 0 saturated heterocycles. The van der Waals surface area contributed by atoms with Crippen molar-refractivity contribution in [2.45, 2.75) is 12.6 Å². The fourth-order valence-electron chi connectivity index (χ4n) is 3.44. The van der Waals surface area contributed by atoms with Gasteiger partial charge in [-0.15, -0.1) is 0 Å². The Labute approximate surface area is 186 Å². The van der Waals surface area contributed by atoms with E-state index in [-0.39, 0.29) is 12.1 Å². The van der Waals surface area contributed by atoms with Gasteiger partial charge in [0.2, 0.25) is 11.8 Å². The van der Waals surface area contributed by atoms with Crippen LogP contribution in [0.5, 0.6) is 0 Å². The van der Waals surface area contributed by atoms with Crippen LogP contribution in [0.25, 0.3) is 0 Å². The van der Waals surface area contributed by atoms with Gasteiger partial charge in [0, 0.05) is 5.69 Å². The fourth-order valence-corrected chi connectivity index (χ4v) is 3.44. The highest BCUT2D eigenvalue weighted by Gasteiger charge is 2.31. The summed E-state index contributed by atoms with van der Waals surface area (Å²) in [5, 5.41) is 2.41. The van der Waals surface area contributed by atoms with Crippen molar-refractivity contribution in [3.05, 3.63) is 89.7 Å². The minimum atomic E-state index is -4.55. The fraction of sp³-hybridized carbons (Fsp3) is 0.125. The molecule has 0 bridgehead atoms. The molecular weight excluding hydrogens is 438 g/mol. The van der Waals surface area contributed by atoms with E-state index < -0.39 is 35.9 Å². The van der Waals surface area contributed by atoms with Crippen molar-refractivity contribution in [2.75, 3.05) is 16.8 Å². The molecule has 3 aromatic rings. The minimum Gasteiger partial charge on any atom is -0.325 e. The number of aliphatic imine (C=N–C) groups is 1. The Morgan fingerprint density at radius 3 is 2.45 bits per heavy atom. The van der Waals surface area contributed by atoms with Gasteiger partial charge in [-0.2, -0.15) is 13.2 Å². The van der Waals surface area contributed by atoms with Gasteiger partial charge in [0.25, 0.3) is 0 Å². The number of amides is 2. The summed E-state index contributed by atoms with van der Waals surface area (Å²) >= 11 is 0. The number of anilines is 2. The summed E-state index contributed by atoms with van der Waals surface area (Å²) in [6.45, 7) is -0.418. The monoisotopic (exact) mass is 455 g/mol. The maximum Gasteiger partial charge on any atom is 0.416 e. The summed E-state index contributed by atoms with van der Waals surface area (Å²) in [6, 6.07) is 16.5. The van der Waals surface area contributed by atoms with Crippen molar-refractivity contribution < 1.29 is 27.2 Å². The first-order valence-corrected chi connectivity index (χ1v) is 9.91. The molecule has 0 spiro atoms. The molecule has 3 aromatic carbocycles. The van der Waals surface area contributed by atoms with E-state index in [2.05, 4.69) is 10.3 Å². The molecule has 0 unspecified atom stereocenters. The van der Waals surface area contributed by atoms with Gasteiger partial charge in [0.1, 0.15) is 12.4 Å². The van der Waals surface area contributed by atoms with E-state index in [1.807, 2.05) is 0 Å². The second kappa shape index (κ2) is 8.85. The zero-order valence-electron chi connectivity index (χ0n) is 17.1. The van der Waals surface area contributed by atoms with Crippen LogP contribution < -0.4 is 10.2 Å². The average molecular weight is 455 g/mol. The SMILES string of the molecule is O=C(CN1C(=O)CC(c2ccc(F)cc2)=Nc2ccccc21)Nc1cccc(C(F)(F)F)c1. The van der Waals surface area contributed by atoms with E-state index in [4.69, 9.17) is 0 Å². The van der Waals surface area contributed by atoms with Gasteiger partial charge < -0.3 is 10.2 Å². The van der Waals surface area contributed by atoms with Crippen molar-refractivity contribution >= 4 is 34.6 Å². The number of benzene rings is 3. The number of carbonyl (C=O) groups is 2. The van der Waals surface area contributed by atoms with Crippen molar-refractivity contribution in [1.29, 1.82) is 0 Å². The summed E-state index contributed by atoms with van der Waals surface area (Å²) < 4.78 is 52.1. The first-order valence-electron chi connectivity index (χ1n) is 9.91. The molecule has 0 fully saturated rings. The number of hydrogen-bond donors (Lipinski definition) is 1. The predicted molar refractivity (Wildman–Crippen MR) is 116 cm³/mol. The van der Waals surface area contributed by atoms with Gasteiger partial charge in [-0.3, -0.25) is 14.6 Å². The molecule has 33 heavy (non-hydrogen) atoms. The predicted octanol–water partition coefficient (Wildman–Crippen LogP) is 5.34. The minimum absolute atomic E-state index is 0.0337. The van der Waals surface area contributed by atoms with Crippen molar-refractivity contribution in [3.63, 3.8) is 0 Å². The van der Waals surface area contributed by atoms with Gasteiger partial charge in [-0.25, -0.2) is 4.39 Å². The van der Waals surface area contributed by atoms with E-state index in [1.54, 1.807) is 24.3 Å². The van der Waals surface area contributed by atoms with Crippen LogP contribution in [-0.4, -0.2) is 24.1 Å². The van der Waals surface area contributed by atoms with E-state index in [9.17, 15) is 27.2 Å². The lowest BCUT2D eigenvalue weighted by Gasteiger charge is -2.22. The van der Waals surface area contributed by atoms with Crippen LogP contribution in [0.1, 0.15) is 17.5 Å². The standard InChI is InChI=1S/C24H17F4N3O2/c25-17-10-8-15(9-11-17)20-13-23(33)31(21-7-2-1-6-19(21)30-20)14-22(32)29-18-5-3-4-16(12-18)24(26,27)28/h1-12H,13-14H2,(H,29,32). The number of fused-ring (bicyclic) bond motifs is 1. The number of alkyl halides is 3. The molecule has 0 saturated carbocycles. The van der Waals surface area contributed by atoms with Crippen LogP contribution in [0.4, 0.5) is 34.6 Å². The quantitative estimate of drug-likeness (QED) is 0.540. The average Bonchev–Trinajstić information content (AvgIpc) is 2.90. The highest BCUT2D eigenvalue weighted by Crippen LogP contribution is 2.33. The van der Waals surface area contributed by atoms with Gasteiger partial charge in [0.15, 0.2) is 0 Å². The largest absolute Gasteiger partial charge is 0.416 e. The Kier molecular flexibility index (Phi) is 5.95. The second-order valence-corrected chi connectivity index (χ2v) is 7.34. The smallest absolute Gasteiger partial charge is 0.325 e. The second-order valence-electron chi connectivity index (χ2n) is 7.34. The molecule has 168 valence electrons. The molecular formula is C24H17F4N3O2. The van der Waals surface area contributed by atoms with Gasteiger partial charge >= 0.3 is 6.18 Å². The molecule has 0 atom stereocenters. The van der Waals surface area contributed by atoms with Crippen LogP contribution in [0.2, 0.25) is 0 Å². The summed E-state index contributed by atoms with van der Waals surface area (Å²) in [7, 11) is 0. The third kappa shape index (κ3) is 5.08. The molecule has 9 heteroatoms. The van der Waals surface area contributed by atoms with Gasteiger partial charge in [0.05, 0.1) is 29.1 Å². The Bertz CT molecular complexity index is 1240. The molecule has 0 aromatic heterocycles. The third-order valence-corrected chi connectivity index (χ3v) is 5.00. The Morgan fingerprint density at radius 1 is 1.00 bits per heavy atom. The zero-order valence-corrected chi connectivity index (χ0v) is 17.1. The number of rotatable bonds is 4. The van der Waals surface area contributed by atoms with Crippen LogP contribution in [0, 0.1) is 5.82 Å². The highest BCUT2D eigenvalue weighted by atomic mass is 19.4. The van der Waals surface area contributed by atoms with E-state index in [1.165, 1.54) is 41.3 Å².